The number of carbonyl (C=O) groups excluding carboxylic acids is 1. The molecular weight excluding hydrogens is 534 g/mol. The number of hydrogen-bond acceptors (Lipinski definition) is 9. The van der Waals surface area contributed by atoms with Gasteiger partial charge in [0, 0.05) is 32.4 Å². The number of anilines is 3. The average Bonchev–Trinajstić information content (AvgIpc) is 2.88. The number of carbonyl (C=O) groups is 1. The third kappa shape index (κ3) is 5.63. The van der Waals surface area contributed by atoms with Crippen molar-refractivity contribution in [3.05, 3.63) is 47.8 Å². The summed E-state index contributed by atoms with van der Waals surface area (Å²) in [7, 11) is 1.41. The zero-order chi connectivity index (χ0) is 27.9. The van der Waals surface area contributed by atoms with Gasteiger partial charge in [-0.2, -0.15) is 31.3 Å². The Morgan fingerprint density at radius 3 is 2.44 bits per heavy atom. The number of nitrogens with zero attached hydrogens (tertiary/aromatic N) is 7. The number of nitrogens with one attached hydrogen (secondary N) is 1. The minimum Gasteiger partial charge on any atom is -0.436 e. The van der Waals surface area contributed by atoms with E-state index in [0.29, 0.717) is 36.3 Å². The van der Waals surface area contributed by atoms with Gasteiger partial charge in [-0.05, 0) is 18.4 Å². The number of amides is 1. The number of halogens is 6. The molecule has 1 N–H and O–H groups in total. The van der Waals surface area contributed by atoms with Crippen molar-refractivity contribution < 1.29 is 35.9 Å². The van der Waals surface area contributed by atoms with Gasteiger partial charge in [0.25, 0.3) is 0 Å². The van der Waals surface area contributed by atoms with Crippen LogP contribution in [-0.2, 0) is 23.9 Å². The summed E-state index contributed by atoms with van der Waals surface area (Å²) in [5.74, 6) is -1.42. The molecular formula is C23H20F6N8O2. The normalized spacial score (nSPS) is 17.2. The van der Waals surface area contributed by atoms with E-state index in [4.69, 9.17) is 4.74 Å². The Kier molecular flexibility index (Phi) is 6.64. The molecule has 0 fully saturated rings. The van der Waals surface area contributed by atoms with Gasteiger partial charge >= 0.3 is 12.4 Å². The Balaban J connectivity index is 1.29. The maximum Gasteiger partial charge on any atom is 0.451 e. The molecule has 5 rings (SSSR count). The minimum absolute atomic E-state index is 0.0294. The molecule has 39 heavy (non-hydrogen) atoms. The lowest BCUT2D eigenvalue weighted by molar-refractivity contribution is -0.146. The highest BCUT2D eigenvalue weighted by molar-refractivity contribution is 6.05. The monoisotopic (exact) mass is 554 g/mol. The first-order valence-corrected chi connectivity index (χ1v) is 11.7. The van der Waals surface area contributed by atoms with E-state index in [1.54, 1.807) is 6.07 Å². The zero-order valence-electron chi connectivity index (χ0n) is 20.2. The van der Waals surface area contributed by atoms with Crippen molar-refractivity contribution in [3.63, 3.8) is 0 Å². The molecule has 1 atom stereocenters. The summed E-state index contributed by atoms with van der Waals surface area (Å²) >= 11 is 0. The number of alkyl halides is 6. The van der Waals surface area contributed by atoms with Gasteiger partial charge in [0.05, 0.1) is 24.5 Å². The SMILES string of the molecule is CN1c2nc(NCc3ccc(Oc4cnc(C(F)(F)F)nc4)nc3)nc3c2N(CCC3)C(=O)[C@@H]1CC(F)(F)F. The van der Waals surface area contributed by atoms with Crippen molar-refractivity contribution in [1.82, 2.24) is 24.9 Å². The number of aromatic nitrogens is 5. The van der Waals surface area contributed by atoms with Gasteiger partial charge in [0.15, 0.2) is 11.6 Å². The Hall–Kier alpha value is -4.24. The van der Waals surface area contributed by atoms with Crippen LogP contribution in [-0.4, -0.2) is 56.6 Å². The summed E-state index contributed by atoms with van der Waals surface area (Å²) < 4.78 is 82.7. The van der Waals surface area contributed by atoms with Crippen molar-refractivity contribution >= 4 is 23.4 Å². The summed E-state index contributed by atoms with van der Waals surface area (Å²) in [6, 6.07) is 1.72. The summed E-state index contributed by atoms with van der Waals surface area (Å²) in [6.45, 7) is 0.503. The van der Waals surface area contributed by atoms with Crippen LogP contribution in [0.15, 0.2) is 30.7 Å². The lowest BCUT2D eigenvalue weighted by Crippen LogP contribution is -2.55. The van der Waals surface area contributed by atoms with Crippen LogP contribution in [0.1, 0.15) is 29.9 Å². The molecule has 2 aliphatic heterocycles. The molecule has 1 amide bonds. The molecule has 0 spiro atoms. The fourth-order valence-corrected chi connectivity index (χ4v) is 4.33. The molecule has 0 radical (unpaired) electrons. The molecule has 0 aliphatic carbocycles. The first-order valence-electron chi connectivity index (χ1n) is 11.7. The summed E-state index contributed by atoms with van der Waals surface area (Å²) in [4.78, 5) is 34.9. The molecule has 0 saturated heterocycles. The first kappa shape index (κ1) is 26.4. The highest BCUT2D eigenvalue weighted by atomic mass is 19.4. The molecule has 5 heterocycles. The predicted molar refractivity (Wildman–Crippen MR) is 124 cm³/mol. The maximum absolute atomic E-state index is 13.2. The van der Waals surface area contributed by atoms with Gasteiger partial charge in [0.2, 0.25) is 23.6 Å². The lowest BCUT2D eigenvalue weighted by Gasteiger charge is -2.42. The molecule has 16 heteroatoms. The van der Waals surface area contributed by atoms with Crippen molar-refractivity contribution in [1.29, 1.82) is 0 Å². The second-order valence-electron chi connectivity index (χ2n) is 8.91. The van der Waals surface area contributed by atoms with Crippen LogP contribution in [0.4, 0.5) is 43.8 Å². The molecule has 0 saturated carbocycles. The Labute approximate surface area is 217 Å². The van der Waals surface area contributed by atoms with Crippen LogP contribution in [0, 0.1) is 0 Å². The van der Waals surface area contributed by atoms with E-state index in [0.717, 1.165) is 12.4 Å². The predicted octanol–water partition coefficient (Wildman–Crippen LogP) is 4.13. The molecule has 3 aromatic heterocycles. The zero-order valence-corrected chi connectivity index (χ0v) is 20.2. The van der Waals surface area contributed by atoms with Crippen molar-refractivity contribution in [2.45, 2.75) is 44.2 Å². The van der Waals surface area contributed by atoms with Gasteiger partial charge in [0.1, 0.15) is 11.7 Å². The number of hydrogen-bond donors (Lipinski definition) is 1. The standard InChI is InChI=1S/C23H20F6N8O2/c1-36-15(7-22(24,25)26)19(38)37-6-2-3-14-17(37)18(36)35-21(34-14)33-9-12-4-5-16(30-8-12)39-13-10-31-20(32-11-13)23(27,28)29/h4-5,8,10-11,15H,2-3,6-7,9H2,1H3,(H,33,34,35)/t15-/m0/s1. The van der Waals surface area contributed by atoms with Gasteiger partial charge in [-0.25, -0.2) is 19.9 Å². The highest BCUT2D eigenvalue weighted by Gasteiger charge is 2.46. The van der Waals surface area contributed by atoms with Crippen LogP contribution in [0.2, 0.25) is 0 Å². The maximum atomic E-state index is 13.2. The summed E-state index contributed by atoms with van der Waals surface area (Å²) in [6.07, 6.45) is -6.14. The summed E-state index contributed by atoms with van der Waals surface area (Å²) in [5.41, 5.74) is 1.68. The van der Waals surface area contributed by atoms with E-state index in [-0.39, 0.29) is 29.9 Å². The fraction of sp³-hybridized carbons (Fsp3) is 0.391. The van der Waals surface area contributed by atoms with Gasteiger partial charge in [-0.15, -0.1) is 0 Å². The molecule has 206 valence electrons. The van der Waals surface area contributed by atoms with E-state index in [2.05, 4.69) is 30.2 Å². The number of aryl methyl sites for hydroxylation is 1. The molecule has 0 aromatic carbocycles. The third-order valence-electron chi connectivity index (χ3n) is 6.13. The van der Waals surface area contributed by atoms with Crippen LogP contribution in [0.25, 0.3) is 0 Å². The van der Waals surface area contributed by atoms with E-state index in [9.17, 15) is 31.1 Å². The third-order valence-corrected chi connectivity index (χ3v) is 6.13. The van der Waals surface area contributed by atoms with Crippen molar-refractivity contribution in [2.75, 3.05) is 28.7 Å². The summed E-state index contributed by atoms with van der Waals surface area (Å²) in [5, 5.41) is 3.03. The van der Waals surface area contributed by atoms with E-state index >= 15 is 0 Å². The lowest BCUT2D eigenvalue weighted by atomic mass is 10.0. The smallest absolute Gasteiger partial charge is 0.436 e. The second-order valence-corrected chi connectivity index (χ2v) is 8.91. The van der Waals surface area contributed by atoms with Gasteiger partial charge in [-0.3, -0.25) is 4.79 Å². The van der Waals surface area contributed by atoms with E-state index in [1.165, 1.54) is 29.1 Å². The first-order chi connectivity index (χ1) is 18.4. The van der Waals surface area contributed by atoms with E-state index in [1.807, 2.05) is 0 Å². The molecule has 2 aliphatic rings. The molecule has 0 unspecified atom stereocenters. The van der Waals surface area contributed by atoms with Gasteiger partial charge < -0.3 is 19.9 Å². The Morgan fingerprint density at radius 2 is 1.79 bits per heavy atom. The number of pyridine rings is 1. The van der Waals surface area contributed by atoms with Crippen molar-refractivity contribution in [3.8, 4) is 11.6 Å². The minimum atomic E-state index is -4.66. The number of likely N-dealkylation sites (N-methyl/N-ethyl adjacent to an activating group) is 1. The Bertz CT molecular complexity index is 1370. The second kappa shape index (κ2) is 9.81. The largest absolute Gasteiger partial charge is 0.451 e. The molecule has 3 aromatic rings. The quantitative estimate of drug-likeness (QED) is 0.450. The van der Waals surface area contributed by atoms with E-state index < -0.39 is 36.5 Å². The van der Waals surface area contributed by atoms with Crippen LogP contribution >= 0.6 is 0 Å². The van der Waals surface area contributed by atoms with Crippen molar-refractivity contribution in [2.24, 2.45) is 0 Å². The molecule has 10 nitrogen and oxygen atoms in total. The van der Waals surface area contributed by atoms with Crippen LogP contribution in [0.5, 0.6) is 11.6 Å². The average molecular weight is 554 g/mol. The number of rotatable bonds is 6. The Morgan fingerprint density at radius 1 is 1.05 bits per heavy atom. The fourth-order valence-electron chi connectivity index (χ4n) is 4.33. The topological polar surface area (TPSA) is 109 Å². The van der Waals surface area contributed by atoms with Crippen LogP contribution in [0.3, 0.4) is 0 Å². The highest BCUT2D eigenvalue weighted by Crippen LogP contribution is 2.42. The van der Waals surface area contributed by atoms with Crippen LogP contribution < -0.4 is 19.9 Å². The number of ether oxygens (including phenoxy) is 1. The van der Waals surface area contributed by atoms with Gasteiger partial charge in [-0.1, -0.05) is 6.07 Å². The molecule has 0 bridgehead atoms.